The minimum atomic E-state index is -0.349. The van der Waals surface area contributed by atoms with Crippen LogP contribution in [0.3, 0.4) is 0 Å². The molecule has 4 rings (SSSR count). The molecule has 0 fully saturated rings. The average molecular weight is 367 g/mol. The number of nitriles is 1. The topological polar surface area (TPSA) is 50.1 Å². The van der Waals surface area contributed by atoms with Gasteiger partial charge >= 0.3 is 5.97 Å². The second-order valence-corrected chi connectivity index (χ2v) is 7.30. The van der Waals surface area contributed by atoms with E-state index in [-0.39, 0.29) is 5.97 Å². The van der Waals surface area contributed by atoms with E-state index in [0.29, 0.717) is 22.8 Å². The van der Waals surface area contributed by atoms with Crippen molar-refractivity contribution in [2.45, 2.75) is 32.6 Å². The lowest BCUT2D eigenvalue weighted by Crippen LogP contribution is -2.08. The van der Waals surface area contributed by atoms with Gasteiger partial charge in [-0.3, -0.25) is 0 Å². The molecule has 138 valence electrons. The van der Waals surface area contributed by atoms with Gasteiger partial charge in [-0.05, 0) is 83.0 Å². The van der Waals surface area contributed by atoms with Crippen LogP contribution >= 0.6 is 0 Å². The third kappa shape index (κ3) is 3.30. The predicted molar refractivity (Wildman–Crippen MR) is 110 cm³/mol. The van der Waals surface area contributed by atoms with E-state index in [1.807, 2.05) is 60.7 Å². The summed E-state index contributed by atoms with van der Waals surface area (Å²) >= 11 is 0. The van der Waals surface area contributed by atoms with Crippen LogP contribution in [0.1, 0.15) is 58.8 Å². The van der Waals surface area contributed by atoms with Crippen molar-refractivity contribution in [3.05, 3.63) is 88.5 Å². The van der Waals surface area contributed by atoms with Crippen LogP contribution in [0.15, 0.2) is 60.7 Å². The summed E-state index contributed by atoms with van der Waals surface area (Å²) < 4.78 is 5.60. The zero-order chi connectivity index (χ0) is 19.7. The van der Waals surface area contributed by atoms with Crippen molar-refractivity contribution >= 4 is 5.97 Å². The van der Waals surface area contributed by atoms with Crippen LogP contribution in [0.2, 0.25) is 0 Å². The minimum absolute atomic E-state index is 0.349. The normalized spacial score (nSPS) is 12.6. The Morgan fingerprint density at radius 3 is 2.39 bits per heavy atom. The van der Waals surface area contributed by atoms with Gasteiger partial charge < -0.3 is 4.74 Å². The maximum atomic E-state index is 12.5. The number of rotatable bonds is 4. The number of hydrogen-bond acceptors (Lipinski definition) is 3. The van der Waals surface area contributed by atoms with E-state index in [9.17, 15) is 4.79 Å². The molecule has 0 heterocycles. The van der Waals surface area contributed by atoms with Crippen LogP contribution < -0.4 is 4.74 Å². The van der Waals surface area contributed by atoms with Gasteiger partial charge in [-0.25, -0.2) is 4.79 Å². The molecule has 0 aromatic heterocycles. The fourth-order valence-corrected chi connectivity index (χ4v) is 3.67. The highest BCUT2D eigenvalue weighted by Crippen LogP contribution is 2.38. The van der Waals surface area contributed by atoms with Crippen molar-refractivity contribution in [3.8, 4) is 22.9 Å². The molecular formula is C25H21NO2. The Labute approximate surface area is 165 Å². The van der Waals surface area contributed by atoms with E-state index in [4.69, 9.17) is 10.00 Å². The van der Waals surface area contributed by atoms with E-state index >= 15 is 0 Å². The van der Waals surface area contributed by atoms with Gasteiger partial charge in [0, 0.05) is 0 Å². The standard InChI is InChI=1S/C25H21NO2/c1-3-16(2)18-5-7-19(8-6-18)25(27)28-22-9-11-24-21(14-22)13-20-12-17(15-26)4-10-23(20)24/h4-12,14,16H,3,13H2,1-2H3. The van der Waals surface area contributed by atoms with E-state index in [2.05, 4.69) is 19.9 Å². The molecule has 0 radical (unpaired) electrons. The van der Waals surface area contributed by atoms with E-state index in [1.165, 1.54) is 5.56 Å². The lowest BCUT2D eigenvalue weighted by atomic mass is 9.98. The number of benzene rings is 3. The van der Waals surface area contributed by atoms with Crippen LogP contribution in [0.5, 0.6) is 5.75 Å². The summed E-state index contributed by atoms with van der Waals surface area (Å²) in [5.74, 6) is 0.672. The zero-order valence-electron chi connectivity index (χ0n) is 16.0. The van der Waals surface area contributed by atoms with Gasteiger partial charge in [0.15, 0.2) is 0 Å². The first-order valence-electron chi connectivity index (χ1n) is 9.57. The van der Waals surface area contributed by atoms with Gasteiger partial charge in [-0.15, -0.1) is 0 Å². The number of ether oxygens (including phenoxy) is 1. The van der Waals surface area contributed by atoms with Crippen molar-refractivity contribution < 1.29 is 9.53 Å². The molecular weight excluding hydrogens is 346 g/mol. The summed E-state index contributed by atoms with van der Waals surface area (Å²) in [5.41, 5.74) is 6.98. The Morgan fingerprint density at radius 1 is 1.04 bits per heavy atom. The fraction of sp³-hybridized carbons (Fsp3) is 0.200. The highest BCUT2D eigenvalue weighted by molar-refractivity contribution is 5.91. The molecule has 0 N–H and O–H groups in total. The van der Waals surface area contributed by atoms with Crippen LogP contribution in [0, 0.1) is 11.3 Å². The zero-order valence-corrected chi connectivity index (χ0v) is 16.0. The van der Waals surface area contributed by atoms with E-state index < -0.39 is 0 Å². The highest BCUT2D eigenvalue weighted by Gasteiger charge is 2.20. The summed E-state index contributed by atoms with van der Waals surface area (Å²) in [6.07, 6.45) is 1.81. The van der Waals surface area contributed by atoms with Crippen molar-refractivity contribution in [1.82, 2.24) is 0 Å². The SMILES string of the molecule is CCC(C)c1ccc(C(=O)Oc2ccc3c(c2)Cc2cc(C#N)ccc2-3)cc1. The number of nitrogens with zero attached hydrogens (tertiary/aromatic N) is 1. The molecule has 0 aliphatic heterocycles. The number of esters is 1. The molecule has 0 amide bonds. The van der Waals surface area contributed by atoms with Crippen LogP contribution in [0.25, 0.3) is 11.1 Å². The predicted octanol–water partition coefficient (Wildman–Crippen LogP) is 5.86. The smallest absolute Gasteiger partial charge is 0.343 e. The second kappa shape index (κ2) is 7.32. The van der Waals surface area contributed by atoms with E-state index in [0.717, 1.165) is 35.1 Å². The van der Waals surface area contributed by atoms with Crippen molar-refractivity contribution in [2.24, 2.45) is 0 Å². The monoisotopic (exact) mass is 367 g/mol. The third-order valence-electron chi connectivity index (χ3n) is 5.52. The lowest BCUT2D eigenvalue weighted by Gasteiger charge is -2.10. The summed E-state index contributed by atoms with van der Waals surface area (Å²) in [5, 5.41) is 9.09. The Balaban J connectivity index is 1.52. The maximum absolute atomic E-state index is 12.5. The maximum Gasteiger partial charge on any atom is 0.343 e. The number of carbonyl (C=O) groups is 1. The molecule has 3 aromatic carbocycles. The largest absolute Gasteiger partial charge is 0.423 e. The first-order valence-corrected chi connectivity index (χ1v) is 9.57. The van der Waals surface area contributed by atoms with Crippen LogP contribution in [-0.2, 0) is 6.42 Å². The summed E-state index contributed by atoms with van der Waals surface area (Å²) in [6, 6.07) is 21.3. The highest BCUT2D eigenvalue weighted by atomic mass is 16.5. The van der Waals surface area contributed by atoms with Crippen molar-refractivity contribution in [2.75, 3.05) is 0 Å². The fourth-order valence-electron chi connectivity index (χ4n) is 3.67. The van der Waals surface area contributed by atoms with Crippen LogP contribution in [-0.4, -0.2) is 5.97 Å². The third-order valence-corrected chi connectivity index (χ3v) is 5.52. The first kappa shape index (κ1) is 18.0. The first-order chi connectivity index (χ1) is 13.6. The van der Waals surface area contributed by atoms with E-state index in [1.54, 1.807) is 0 Å². The summed E-state index contributed by atoms with van der Waals surface area (Å²) in [6.45, 7) is 4.33. The lowest BCUT2D eigenvalue weighted by molar-refractivity contribution is 0.0734. The Kier molecular flexibility index (Phi) is 4.71. The Hall–Kier alpha value is -3.38. The Bertz CT molecular complexity index is 1090. The molecule has 3 nitrogen and oxygen atoms in total. The quantitative estimate of drug-likeness (QED) is 0.335. The van der Waals surface area contributed by atoms with Gasteiger partial charge in [0.05, 0.1) is 17.2 Å². The summed E-state index contributed by atoms with van der Waals surface area (Å²) in [4.78, 5) is 12.5. The number of hydrogen-bond donors (Lipinski definition) is 0. The molecule has 28 heavy (non-hydrogen) atoms. The number of fused-ring (bicyclic) bond motifs is 3. The van der Waals surface area contributed by atoms with Gasteiger partial charge in [-0.2, -0.15) is 5.26 Å². The van der Waals surface area contributed by atoms with Crippen LogP contribution in [0.4, 0.5) is 0 Å². The van der Waals surface area contributed by atoms with Gasteiger partial charge in [-0.1, -0.05) is 38.1 Å². The molecule has 0 saturated heterocycles. The molecule has 1 atom stereocenters. The molecule has 1 unspecified atom stereocenters. The average Bonchev–Trinajstić information content (AvgIpc) is 3.09. The molecule has 3 heteroatoms. The molecule has 0 spiro atoms. The molecule has 1 aliphatic rings. The molecule has 0 bridgehead atoms. The Morgan fingerprint density at radius 2 is 1.71 bits per heavy atom. The minimum Gasteiger partial charge on any atom is -0.423 e. The van der Waals surface area contributed by atoms with Gasteiger partial charge in [0.25, 0.3) is 0 Å². The molecule has 1 aliphatic carbocycles. The second-order valence-electron chi connectivity index (χ2n) is 7.30. The van der Waals surface area contributed by atoms with Crippen molar-refractivity contribution in [3.63, 3.8) is 0 Å². The molecule has 0 saturated carbocycles. The van der Waals surface area contributed by atoms with Gasteiger partial charge in [0.2, 0.25) is 0 Å². The number of carbonyl (C=O) groups excluding carboxylic acids is 1. The van der Waals surface area contributed by atoms with Crippen molar-refractivity contribution in [1.29, 1.82) is 5.26 Å². The molecule has 3 aromatic rings. The van der Waals surface area contributed by atoms with Gasteiger partial charge in [0.1, 0.15) is 5.75 Å². The summed E-state index contributed by atoms with van der Waals surface area (Å²) in [7, 11) is 0.